The van der Waals surface area contributed by atoms with Crippen molar-refractivity contribution in [2.24, 2.45) is 11.7 Å². The van der Waals surface area contributed by atoms with Crippen molar-refractivity contribution in [1.82, 2.24) is 5.32 Å². The first kappa shape index (κ1) is 14.5. The van der Waals surface area contributed by atoms with Crippen LogP contribution in [-0.4, -0.2) is 30.3 Å². The van der Waals surface area contributed by atoms with Crippen molar-refractivity contribution < 1.29 is 5.11 Å². The van der Waals surface area contributed by atoms with Crippen molar-refractivity contribution in [1.29, 1.82) is 0 Å². The molecule has 0 aliphatic heterocycles. The Morgan fingerprint density at radius 3 is 2.63 bits per heavy atom. The summed E-state index contributed by atoms with van der Waals surface area (Å²) in [6.07, 6.45) is 5.86. The lowest BCUT2D eigenvalue weighted by Gasteiger charge is -2.34. The number of hydrogen-bond donors (Lipinski definition) is 3. The average Bonchev–Trinajstić information content (AvgIpc) is 2.48. The zero-order valence-corrected chi connectivity index (χ0v) is 11.6. The van der Waals surface area contributed by atoms with Gasteiger partial charge in [0.1, 0.15) is 0 Å². The zero-order chi connectivity index (χ0) is 13.5. The van der Waals surface area contributed by atoms with Crippen LogP contribution in [0.15, 0.2) is 30.3 Å². The molecule has 0 spiro atoms. The normalized spacial score (nSPS) is 25.2. The first-order valence-electron chi connectivity index (χ1n) is 7.44. The summed E-state index contributed by atoms with van der Waals surface area (Å²) in [7, 11) is 0. The van der Waals surface area contributed by atoms with Gasteiger partial charge in [-0.25, -0.2) is 0 Å². The van der Waals surface area contributed by atoms with Crippen molar-refractivity contribution in [3.05, 3.63) is 35.9 Å². The largest absolute Gasteiger partial charge is 0.395 e. The molecule has 106 valence electrons. The third-order valence-corrected chi connectivity index (χ3v) is 4.21. The second kappa shape index (κ2) is 7.63. The van der Waals surface area contributed by atoms with Gasteiger partial charge < -0.3 is 16.2 Å². The molecule has 1 aliphatic carbocycles. The van der Waals surface area contributed by atoms with Gasteiger partial charge in [-0.3, -0.25) is 0 Å². The summed E-state index contributed by atoms with van der Waals surface area (Å²) < 4.78 is 0. The SMILES string of the molecule is NCC1CCCCC1NC(CO)Cc1ccccc1. The lowest BCUT2D eigenvalue weighted by Crippen LogP contribution is -2.48. The van der Waals surface area contributed by atoms with E-state index in [9.17, 15) is 5.11 Å². The molecule has 3 atom stereocenters. The lowest BCUT2D eigenvalue weighted by atomic mass is 9.84. The fourth-order valence-electron chi connectivity index (χ4n) is 3.09. The molecule has 0 aromatic heterocycles. The molecule has 1 aromatic carbocycles. The van der Waals surface area contributed by atoms with Gasteiger partial charge >= 0.3 is 0 Å². The molecule has 2 rings (SSSR count). The summed E-state index contributed by atoms with van der Waals surface area (Å²) in [5, 5.41) is 13.2. The molecular formula is C16H26N2O. The highest BCUT2D eigenvalue weighted by molar-refractivity contribution is 5.16. The van der Waals surface area contributed by atoms with E-state index < -0.39 is 0 Å². The van der Waals surface area contributed by atoms with Crippen molar-refractivity contribution in [2.75, 3.05) is 13.2 Å². The maximum absolute atomic E-state index is 9.58. The van der Waals surface area contributed by atoms with E-state index in [2.05, 4.69) is 17.4 Å². The number of hydrogen-bond acceptors (Lipinski definition) is 3. The van der Waals surface area contributed by atoms with Crippen molar-refractivity contribution >= 4 is 0 Å². The Bertz CT molecular complexity index is 355. The Balaban J connectivity index is 1.90. The number of nitrogens with two attached hydrogens (primary N) is 1. The van der Waals surface area contributed by atoms with Crippen molar-refractivity contribution in [2.45, 2.75) is 44.2 Å². The Kier molecular flexibility index (Phi) is 5.83. The lowest BCUT2D eigenvalue weighted by molar-refractivity contribution is 0.191. The minimum atomic E-state index is 0.138. The molecule has 1 aliphatic rings. The quantitative estimate of drug-likeness (QED) is 0.731. The summed E-state index contributed by atoms with van der Waals surface area (Å²) >= 11 is 0. The molecule has 0 radical (unpaired) electrons. The molecule has 1 aromatic rings. The fourth-order valence-corrected chi connectivity index (χ4v) is 3.09. The van der Waals surface area contributed by atoms with Crippen LogP contribution in [0.4, 0.5) is 0 Å². The summed E-state index contributed by atoms with van der Waals surface area (Å²) in [5.74, 6) is 0.568. The van der Waals surface area contributed by atoms with E-state index in [1.165, 1.54) is 31.2 Å². The van der Waals surface area contributed by atoms with Crippen LogP contribution in [0.5, 0.6) is 0 Å². The van der Waals surface area contributed by atoms with Crippen LogP contribution in [0.1, 0.15) is 31.2 Å². The van der Waals surface area contributed by atoms with Gasteiger partial charge in [0.05, 0.1) is 6.61 Å². The molecular weight excluding hydrogens is 236 g/mol. The first-order valence-corrected chi connectivity index (χ1v) is 7.44. The zero-order valence-electron chi connectivity index (χ0n) is 11.6. The number of rotatable bonds is 6. The first-order chi connectivity index (χ1) is 9.33. The van der Waals surface area contributed by atoms with Crippen LogP contribution in [-0.2, 0) is 6.42 Å². The van der Waals surface area contributed by atoms with Gasteiger partial charge in [-0.05, 0) is 37.3 Å². The molecule has 3 unspecified atom stereocenters. The Hall–Kier alpha value is -0.900. The van der Waals surface area contributed by atoms with E-state index in [4.69, 9.17) is 5.73 Å². The summed E-state index contributed by atoms with van der Waals surface area (Å²) in [5.41, 5.74) is 7.13. The molecule has 1 fully saturated rings. The van der Waals surface area contributed by atoms with Gasteiger partial charge in [-0.1, -0.05) is 43.2 Å². The highest BCUT2D eigenvalue weighted by Crippen LogP contribution is 2.24. The van der Waals surface area contributed by atoms with E-state index >= 15 is 0 Å². The van der Waals surface area contributed by atoms with Gasteiger partial charge in [-0.2, -0.15) is 0 Å². The van der Waals surface area contributed by atoms with Crippen molar-refractivity contribution in [3.63, 3.8) is 0 Å². The van der Waals surface area contributed by atoms with Gasteiger partial charge in [0.15, 0.2) is 0 Å². The smallest absolute Gasteiger partial charge is 0.0587 e. The van der Waals surface area contributed by atoms with Crippen LogP contribution in [0.2, 0.25) is 0 Å². The maximum Gasteiger partial charge on any atom is 0.0587 e. The van der Waals surface area contributed by atoms with E-state index in [0.717, 1.165) is 13.0 Å². The summed E-state index contributed by atoms with van der Waals surface area (Å²) in [6, 6.07) is 11.0. The van der Waals surface area contributed by atoms with Crippen molar-refractivity contribution in [3.8, 4) is 0 Å². The third kappa shape index (κ3) is 4.30. The van der Waals surface area contributed by atoms with E-state index in [1.807, 2.05) is 18.2 Å². The molecule has 1 saturated carbocycles. The topological polar surface area (TPSA) is 58.3 Å². The number of nitrogens with one attached hydrogen (secondary N) is 1. The predicted octanol–water partition coefficient (Wildman–Crippen LogP) is 1.70. The van der Waals surface area contributed by atoms with E-state index in [1.54, 1.807) is 0 Å². The fraction of sp³-hybridized carbons (Fsp3) is 0.625. The maximum atomic E-state index is 9.58. The average molecular weight is 262 g/mol. The van der Waals surface area contributed by atoms with E-state index in [0.29, 0.717) is 12.0 Å². The Morgan fingerprint density at radius 2 is 1.95 bits per heavy atom. The minimum absolute atomic E-state index is 0.138. The number of benzene rings is 1. The molecule has 0 amide bonds. The molecule has 0 saturated heterocycles. The molecule has 19 heavy (non-hydrogen) atoms. The van der Waals surface area contributed by atoms with Crippen LogP contribution in [0.3, 0.4) is 0 Å². The van der Waals surface area contributed by atoms with Crippen LogP contribution in [0.25, 0.3) is 0 Å². The monoisotopic (exact) mass is 262 g/mol. The van der Waals surface area contributed by atoms with Crippen LogP contribution < -0.4 is 11.1 Å². The van der Waals surface area contributed by atoms with Gasteiger partial charge in [0, 0.05) is 12.1 Å². The second-order valence-electron chi connectivity index (χ2n) is 5.62. The number of aliphatic hydroxyl groups excluding tert-OH is 1. The van der Waals surface area contributed by atoms with Crippen LogP contribution in [0, 0.1) is 5.92 Å². The van der Waals surface area contributed by atoms with E-state index in [-0.39, 0.29) is 12.6 Å². The van der Waals surface area contributed by atoms with Gasteiger partial charge in [-0.15, -0.1) is 0 Å². The Labute approximate surface area is 116 Å². The van der Waals surface area contributed by atoms with Gasteiger partial charge in [0.25, 0.3) is 0 Å². The minimum Gasteiger partial charge on any atom is -0.395 e. The molecule has 3 heteroatoms. The molecule has 3 nitrogen and oxygen atoms in total. The number of aliphatic hydroxyl groups is 1. The molecule has 0 heterocycles. The predicted molar refractivity (Wildman–Crippen MR) is 79.0 cm³/mol. The highest BCUT2D eigenvalue weighted by Gasteiger charge is 2.25. The van der Waals surface area contributed by atoms with Crippen LogP contribution >= 0.6 is 0 Å². The Morgan fingerprint density at radius 1 is 1.21 bits per heavy atom. The molecule has 0 bridgehead atoms. The van der Waals surface area contributed by atoms with Gasteiger partial charge in [0.2, 0.25) is 0 Å². The third-order valence-electron chi connectivity index (χ3n) is 4.21. The summed E-state index contributed by atoms with van der Waals surface area (Å²) in [6.45, 7) is 0.934. The second-order valence-corrected chi connectivity index (χ2v) is 5.62. The highest BCUT2D eigenvalue weighted by atomic mass is 16.3. The summed E-state index contributed by atoms with van der Waals surface area (Å²) in [4.78, 5) is 0. The molecule has 4 N–H and O–H groups in total. The standard InChI is InChI=1S/C16H26N2O/c17-11-14-8-4-5-9-16(14)18-15(12-19)10-13-6-2-1-3-7-13/h1-3,6-7,14-16,18-19H,4-5,8-12,17H2.